The van der Waals surface area contributed by atoms with Crippen molar-refractivity contribution in [2.24, 2.45) is 0 Å². The fourth-order valence-electron chi connectivity index (χ4n) is 3.38. The van der Waals surface area contributed by atoms with E-state index in [0.717, 1.165) is 12.1 Å². The fraction of sp³-hybridized carbons (Fsp3) is 0.120. The Hall–Kier alpha value is -3.06. The Morgan fingerprint density at radius 1 is 0.692 bits per heavy atom. The van der Waals surface area contributed by atoms with Gasteiger partial charge in [-0.1, -0.05) is 91.0 Å². The summed E-state index contributed by atoms with van der Waals surface area (Å²) in [5, 5.41) is 3.68. The Bertz CT molecular complexity index is 921. The molecule has 0 saturated heterocycles. The van der Waals surface area contributed by atoms with E-state index in [9.17, 15) is 0 Å². The fourth-order valence-corrected chi connectivity index (χ4v) is 3.38. The monoisotopic (exact) mass is 337 g/mol. The molecule has 0 aromatic heterocycles. The van der Waals surface area contributed by atoms with Gasteiger partial charge in [-0.25, -0.2) is 0 Å². The maximum Gasteiger partial charge on any atom is 0.0566 e. The number of nitrogens with one attached hydrogen (secondary N) is 1. The summed E-state index contributed by atoms with van der Waals surface area (Å²) in [5.74, 6) is 0. The Morgan fingerprint density at radius 3 is 1.85 bits per heavy atom. The molecule has 0 spiro atoms. The third kappa shape index (κ3) is 3.62. The molecule has 0 bridgehead atoms. The molecule has 3 aromatic carbocycles. The van der Waals surface area contributed by atoms with Crippen LogP contribution >= 0.6 is 0 Å². The molecule has 1 aliphatic rings. The van der Waals surface area contributed by atoms with Gasteiger partial charge >= 0.3 is 0 Å². The molecule has 0 saturated carbocycles. The molecular weight excluding hydrogens is 314 g/mol. The number of rotatable bonds is 4. The molecule has 26 heavy (non-hydrogen) atoms. The second kappa shape index (κ2) is 7.05. The zero-order valence-electron chi connectivity index (χ0n) is 15.0. The quantitative estimate of drug-likeness (QED) is 0.568. The topological polar surface area (TPSA) is 12.0 Å². The van der Waals surface area contributed by atoms with Crippen LogP contribution in [-0.2, 0) is 0 Å². The molecule has 4 rings (SSSR count). The van der Waals surface area contributed by atoms with E-state index in [2.05, 4.69) is 109 Å². The van der Waals surface area contributed by atoms with E-state index >= 15 is 0 Å². The van der Waals surface area contributed by atoms with Gasteiger partial charge in [-0.3, -0.25) is 0 Å². The van der Waals surface area contributed by atoms with Crippen LogP contribution in [0.2, 0.25) is 0 Å². The van der Waals surface area contributed by atoms with Gasteiger partial charge in [0.25, 0.3) is 0 Å². The summed E-state index contributed by atoms with van der Waals surface area (Å²) in [5.41, 5.74) is 6.15. The molecule has 0 fully saturated rings. The maximum absolute atomic E-state index is 3.68. The molecule has 1 heteroatoms. The summed E-state index contributed by atoms with van der Waals surface area (Å²) in [6.45, 7) is 2.24. The van der Waals surface area contributed by atoms with Gasteiger partial charge in [-0.15, -0.1) is 0 Å². The highest BCUT2D eigenvalue weighted by atomic mass is 15.0. The second-order valence-corrected chi connectivity index (χ2v) is 7.05. The third-order valence-corrected chi connectivity index (χ3v) is 4.91. The van der Waals surface area contributed by atoms with Gasteiger partial charge in [0, 0.05) is 5.69 Å². The first-order chi connectivity index (χ1) is 12.7. The maximum atomic E-state index is 3.68. The average Bonchev–Trinajstić information content (AvgIpc) is 2.70. The van der Waals surface area contributed by atoms with Crippen LogP contribution in [0, 0.1) is 0 Å². The minimum atomic E-state index is -0.0630. The van der Waals surface area contributed by atoms with Crippen LogP contribution in [0.4, 0.5) is 5.69 Å². The molecule has 1 aliphatic carbocycles. The molecule has 0 aliphatic heterocycles. The van der Waals surface area contributed by atoms with Gasteiger partial charge in [-0.2, -0.15) is 0 Å². The lowest BCUT2D eigenvalue weighted by molar-refractivity contribution is 0.642. The number of hydrogen-bond donors (Lipinski definition) is 1. The normalized spacial score (nSPS) is 19.0. The summed E-state index contributed by atoms with van der Waals surface area (Å²) in [6, 6.07) is 29.7. The van der Waals surface area contributed by atoms with Crippen LogP contribution in [0.5, 0.6) is 0 Å². The predicted octanol–water partition coefficient (Wildman–Crippen LogP) is 6.57. The third-order valence-electron chi connectivity index (χ3n) is 4.91. The first-order valence-corrected chi connectivity index (χ1v) is 9.10. The molecule has 3 aromatic rings. The van der Waals surface area contributed by atoms with Gasteiger partial charge in [0.05, 0.1) is 5.54 Å². The SMILES string of the molecule is CC1(Nc2ccc(-c3ccccc3)cc2)C=CC(c2ccccc2)=CC1. The number of benzene rings is 3. The van der Waals surface area contributed by atoms with Gasteiger partial charge in [0.1, 0.15) is 0 Å². The van der Waals surface area contributed by atoms with E-state index in [1.165, 1.54) is 22.3 Å². The lowest BCUT2D eigenvalue weighted by atomic mass is 9.88. The van der Waals surface area contributed by atoms with E-state index in [0.29, 0.717) is 0 Å². The lowest BCUT2D eigenvalue weighted by Gasteiger charge is -2.30. The van der Waals surface area contributed by atoms with Crippen LogP contribution < -0.4 is 5.32 Å². The van der Waals surface area contributed by atoms with E-state index in [-0.39, 0.29) is 5.54 Å². The first kappa shape index (κ1) is 16.4. The largest absolute Gasteiger partial charge is 0.376 e. The molecular formula is C25H23N. The second-order valence-electron chi connectivity index (χ2n) is 7.05. The van der Waals surface area contributed by atoms with Crippen molar-refractivity contribution in [1.29, 1.82) is 0 Å². The van der Waals surface area contributed by atoms with E-state index in [1.54, 1.807) is 0 Å². The van der Waals surface area contributed by atoms with E-state index in [4.69, 9.17) is 0 Å². The van der Waals surface area contributed by atoms with Crippen molar-refractivity contribution in [2.45, 2.75) is 18.9 Å². The van der Waals surface area contributed by atoms with Crippen LogP contribution in [0.15, 0.2) is 103 Å². The Morgan fingerprint density at radius 2 is 1.27 bits per heavy atom. The van der Waals surface area contributed by atoms with Crippen LogP contribution in [0.1, 0.15) is 18.9 Å². The highest BCUT2D eigenvalue weighted by Gasteiger charge is 2.22. The van der Waals surface area contributed by atoms with E-state index in [1.807, 2.05) is 6.07 Å². The van der Waals surface area contributed by atoms with Gasteiger partial charge in [0.2, 0.25) is 0 Å². The standard InChI is InChI=1S/C25H23N/c1-25(18-16-23(17-19-25)21-10-6-3-7-11-21)26-24-14-12-22(13-15-24)20-8-4-2-5-9-20/h2-18,26H,19H2,1H3. The number of anilines is 1. The van der Waals surface area contributed by atoms with Crippen molar-refractivity contribution in [1.82, 2.24) is 0 Å². The van der Waals surface area contributed by atoms with Crippen molar-refractivity contribution in [3.05, 3.63) is 109 Å². The van der Waals surface area contributed by atoms with Crippen molar-refractivity contribution >= 4 is 11.3 Å². The molecule has 0 amide bonds. The Kier molecular flexibility index (Phi) is 4.45. The first-order valence-electron chi connectivity index (χ1n) is 9.10. The number of hydrogen-bond acceptors (Lipinski definition) is 1. The average molecular weight is 337 g/mol. The molecule has 0 heterocycles. The van der Waals surface area contributed by atoms with Gasteiger partial charge < -0.3 is 5.32 Å². The highest BCUT2D eigenvalue weighted by Crippen LogP contribution is 2.30. The van der Waals surface area contributed by atoms with Crippen molar-refractivity contribution in [3.8, 4) is 11.1 Å². The van der Waals surface area contributed by atoms with Crippen LogP contribution in [0.3, 0.4) is 0 Å². The van der Waals surface area contributed by atoms with Crippen LogP contribution in [0.25, 0.3) is 16.7 Å². The molecule has 1 unspecified atom stereocenters. The molecule has 1 atom stereocenters. The van der Waals surface area contributed by atoms with Gasteiger partial charge in [0.15, 0.2) is 0 Å². The summed E-state index contributed by atoms with van der Waals surface area (Å²) in [6.07, 6.45) is 7.79. The summed E-state index contributed by atoms with van der Waals surface area (Å²) >= 11 is 0. The van der Waals surface area contributed by atoms with Crippen LogP contribution in [-0.4, -0.2) is 5.54 Å². The van der Waals surface area contributed by atoms with Crippen molar-refractivity contribution in [2.75, 3.05) is 5.32 Å². The van der Waals surface area contributed by atoms with Crippen molar-refractivity contribution in [3.63, 3.8) is 0 Å². The minimum Gasteiger partial charge on any atom is -0.376 e. The summed E-state index contributed by atoms with van der Waals surface area (Å²) in [7, 11) is 0. The molecule has 1 nitrogen and oxygen atoms in total. The predicted molar refractivity (Wildman–Crippen MR) is 112 cm³/mol. The summed E-state index contributed by atoms with van der Waals surface area (Å²) in [4.78, 5) is 0. The minimum absolute atomic E-state index is 0.0630. The van der Waals surface area contributed by atoms with E-state index < -0.39 is 0 Å². The Balaban J connectivity index is 1.46. The number of allylic oxidation sites excluding steroid dienone is 2. The molecule has 128 valence electrons. The molecule has 0 radical (unpaired) electrons. The smallest absolute Gasteiger partial charge is 0.0566 e. The summed E-state index contributed by atoms with van der Waals surface area (Å²) < 4.78 is 0. The van der Waals surface area contributed by atoms with Crippen molar-refractivity contribution < 1.29 is 0 Å². The lowest BCUT2D eigenvalue weighted by Crippen LogP contribution is -2.32. The van der Waals surface area contributed by atoms with Gasteiger partial charge in [-0.05, 0) is 47.7 Å². The zero-order valence-corrected chi connectivity index (χ0v) is 15.0. The highest BCUT2D eigenvalue weighted by molar-refractivity contribution is 5.76. The Labute approximate surface area is 155 Å². The zero-order chi connectivity index (χ0) is 17.8. The molecule has 1 N–H and O–H groups in total.